The zero-order valence-electron chi connectivity index (χ0n) is 9.55. The van der Waals surface area contributed by atoms with Crippen LogP contribution in [0, 0.1) is 18.3 Å². The Bertz CT molecular complexity index is 253. The number of terminal acetylenes is 1. The van der Waals surface area contributed by atoms with Crippen molar-refractivity contribution in [3.05, 3.63) is 0 Å². The topological polar surface area (TPSA) is 41.1 Å². The Morgan fingerprint density at radius 1 is 1.53 bits per heavy atom. The third-order valence-electron chi connectivity index (χ3n) is 3.13. The third-order valence-corrected chi connectivity index (χ3v) is 3.13. The van der Waals surface area contributed by atoms with E-state index in [1.54, 1.807) is 0 Å². The Labute approximate surface area is 92.0 Å². The van der Waals surface area contributed by atoms with Gasteiger partial charge in [-0.05, 0) is 32.6 Å². The Hall–Kier alpha value is -1.01. The fourth-order valence-corrected chi connectivity index (χ4v) is 1.84. The number of hydrogen-bond acceptors (Lipinski definition) is 2. The fraction of sp³-hybridized carbons (Fsp3) is 0.750. The first-order valence-electron chi connectivity index (χ1n) is 5.62. The molecule has 1 aliphatic carbocycles. The molecule has 15 heavy (non-hydrogen) atoms. The van der Waals surface area contributed by atoms with Crippen LogP contribution in [0.4, 0.5) is 0 Å². The van der Waals surface area contributed by atoms with Crippen LogP contribution in [0.1, 0.15) is 33.1 Å². The summed E-state index contributed by atoms with van der Waals surface area (Å²) in [6, 6.07) is 0.263. The highest BCUT2D eigenvalue weighted by molar-refractivity contribution is 5.81. The van der Waals surface area contributed by atoms with Crippen LogP contribution in [-0.4, -0.2) is 24.5 Å². The smallest absolute Gasteiger partial charge is 0.237 e. The van der Waals surface area contributed by atoms with E-state index in [1.807, 2.05) is 6.92 Å². The summed E-state index contributed by atoms with van der Waals surface area (Å²) in [5, 5.41) is 5.98. The minimum atomic E-state index is -0.158. The number of carbonyl (C=O) groups is 1. The lowest BCUT2D eigenvalue weighted by atomic mass is 9.80. The summed E-state index contributed by atoms with van der Waals surface area (Å²) >= 11 is 0. The molecule has 1 aliphatic rings. The van der Waals surface area contributed by atoms with Crippen molar-refractivity contribution in [1.29, 1.82) is 0 Å². The SMILES string of the molecule is C#CCNC(=O)C(C)NC(C)C1CCC1. The lowest BCUT2D eigenvalue weighted by Crippen LogP contribution is -2.49. The minimum absolute atomic E-state index is 0.0147. The van der Waals surface area contributed by atoms with E-state index in [0.29, 0.717) is 12.6 Å². The number of carbonyl (C=O) groups excluding carboxylic acids is 1. The van der Waals surface area contributed by atoms with E-state index >= 15 is 0 Å². The molecule has 0 aromatic heterocycles. The van der Waals surface area contributed by atoms with Gasteiger partial charge >= 0.3 is 0 Å². The first-order chi connectivity index (χ1) is 7.15. The summed E-state index contributed by atoms with van der Waals surface area (Å²) in [5.74, 6) is 3.12. The maximum absolute atomic E-state index is 11.5. The van der Waals surface area contributed by atoms with Crippen molar-refractivity contribution in [1.82, 2.24) is 10.6 Å². The Kier molecular flexibility index (Phi) is 4.64. The average Bonchev–Trinajstić information content (AvgIpc) is 2.10. The summed E-state index contributed by atoms with van der Waals surface area (Å²) in [7, 11) is 0. The van der Waals surface area contributed by atoms with Gasteiger partial charge in [-0.1, -0.05) is 12.3 Å². The van der Waals surface area contributed by atoms with Crippen LogP contribution in [-0.2, 0) is 4.79 Å². The van der Waals surface area contributed by atoms with E-state index < -0.39 is 0 Å². The summed E-state index contributed by atoms with van der Waals surface area (Å²) in [6.45, 7) is 4.33. The van der Waals surface area contributed by atoms with Gasteiger partial charge in [-0.3, -0.25) is 4.79 Å². The molecule has 2 N–H and O–H groups in total. The molecule has 0 aromatic rings. The van der Waals surface area contributed by atoms with Crippen LogP contribution in [0.15, 0.2) is 0 Å². The van der Waals surface area contributed by atoms with Gasteiger partial charge in [-0.15, -0.1) is 6.42 Å². The van der Waals surface area contributed by atoms with Crippen molar-refractivity contribution in [3.63, 3.8) is 0 Å². The zero-order valence-corrected chi connectivity index (χ0v) is 9.55. The molecule has 3 nitrogen and oxygen atoms in total. The van der Waals surface area contributed by atoms with E-state index in [9.17, 15) is 4.79 Å². The summed E-state index contributed by atoms with van der Waals surface area (Å²) in [6.07, 6.45) is 8.97. The Morgan fingerprint density at radius 3 is 2.67 bits per heavy atom. The van der Waals surface area contributed by atoms with Crippen molar-refractivity contribution in [3.8, 4) is 12.3 Å². The molecule has 1 rings (SSSR count). The lowest BCUT2D eigenvalue weighted by molar-refractivity contribution is -0.122. The third kappa shape index (κ3) is 3.56. The molecule has 84 valence electrons. The monoisotopic (exact) mass is 208 g/mol. The summed E-state index contributed by atoms with van der Waals surface area (Å²) in [5.41, 5.74) is 0. The molecule has 1 saturated carbocycles. The molecular formula is C12H20N2O. The van der Waals surface area contributed by atoms with Crippen molar-refractivity contribution in [2.45, 2.75) is 45.2 Å². The number of nitrogens with one attached hydrogen (secondary N) is 2. The van der Waals surface area contributed by atoms with Crippen molar-refractivity contribution in [2.24, 2.45) is 5.92 Å². The van der Waals surface area contributed by atoms with Gasteiger partial charge in [0, 0.05) is 6.04 Å². The Morgan fingerprint density at radius 2 is 2.20 bits per heavy atom. The maximum atomic E-state index is 11.5. The highest BCUT2D eigenvalue weighted by atomic mass is 16.2. The second kappa shape index (κ2) is 5.77. The van der Waals surface area contributed by atoms with Crippen LogP contribution in [0.2, 0.25) is 0 Å². The molecular weight excluding hydrogens is 188 g/mol. The van der Waals surface area contributed by atoms with Crippen molar-refractivity contribution >= 4 is 5.91 Å². The number of rotatable bonds is 5. The minimum Gasteiger partial charge on any atom is -0.344 e. The van der Waals surface area contributed by atoms with Crippen molar-refractivity contribution < 1.29 is 4.79 Å². The fourth-order valence-electron chi connectivity index (χ4n) is 1.84. The predicted octanol–water partition coefficient (Wildman–Crippen LogP) is 0.902. The van der Waals surface area contributed by atoms with Crippen LogP contribution < -0.4 is 10.6 Å². The molecule has 2 unspecified atom stereocenters. The first kappa shape index (κ1) is 12.1. The molecule has 0 radical (unpaired) electrons. The summed E-state index contributed by atoms with van der Waals surface area (Å²) in [4.78, 5) is 11.5. The van der Waals surface area contributed by atoms with Gasteiger partial charge in [0.15, 0.2) is 0 Å². The van der Waals surface area contributed by atoms with Gasteiger partial charge < -0.3 is 10.6 Å². The van der Waals surface area contributed by atoms with E-state index in [1.165, 1.54) is 19.3 Å². The molecule has 0 spiro atoms. The van der Waals surface area contributed by atoms with Gasteiger partial charge in [-0.25, -0.2) is 0 Å². The maximum Gasteiger partial charge on any atom is 0.237 e. The van der Waals surface area contributed by atoms with E-state index in [4.69, 9.17) is 6.42 Å². The highest BCUT2D eigenvalue weighted by Gasteiger charge is 2.26. The molecule has 0 aromatic carbocycles. The van der Waals surface area contributed by atoms with Crippen LogP contribution >= 0.6 is 0 Å². The van der Waals surface area contributed by atoms with Gasteiger partial charge in [0.25, 0.3) is 0 Å². The molecule has 0 heterocycles. The van der Waals surface area contributed by atoms with E-state index in [0.717, 1.165) is 5.92 Å². The van der Waals surface area contributed by atoms with Crippen LogP contribution in [0.25, 0.3) is 0 Å². The average molecular weight is 208 g/mol. The lowest BCUT2D eigenvalue weighted by Gasteiger charge is -2.33. The first-order valence-corrected chi connectivity index (χ1v) is 5.62. The zero-order chi connectivity index (χ0) is 11.3. The second-order valence-corrected chi connectivity index (χ2v) is 4.29. The van der Waals surface area contributed by atoms with Gasteiger partial charge in [-0.2, -0.15) is 0 Å². The largest absolute Gasteiger partial charge is 0.344 e. The molecule has 0 bridgehead atoms. The van der Waals surface area contributed by atoms with E-state index in [-0.39, 0.29) is 11.9 Å². The van der Waals surface area contributed by atoms with Crippen LogP contribution in [0.5, 0.6) is 0 Å². The molecule has 1 fully saturated rings. The van der Waals surface area contributed by atoms with Crippen molar-refractivity contribution in [2.75, 3.05) is 6.54 Å². The molecule has 1 amide bonds. The highest BCUT2D eigenvalue weighted by Crippen LogP contribution is 2.29. The molecule has 0 saturated heterocycles. The van der Waals surface area contributed by atoms with E-state index in [2.05, 4.69) is 23.5 Å². The van der Waals surface area contributed by atoms with Gasteiger partial charge in [0.1, 0.15) is 0 Å². The predicted molar refractivity (Wildman–Crippen MR) is 61.2 cm³/mol. The second-order valence-electron chi connectivity index (χ2n) is 4.29. The summed E-state index contributed by atoms with van der Waals surface area (Å²) < 4.78 is 0. The number of hydrogen-bond donors (Lipinski definition) is 2. The number of amides is 1. The Balaban J connectivity index is 2.24. The quantitative estimate of drug-likeness (QED) is 0.659. The van der Waals surface area contributed by atoms with Gasteiger partial charge in [0.2, 0.25) is 5.91 Å². The molecule has 3 heteroatoms. The standard InChI is InChI=1S/C12H20N2O/c1-4-8-13-12(15)10(3)14-9(2)11-6-5-7-11/h1,9-11,14H,5-8H2,2-3H3,(H,13,15). The van der Waals surface area contributed by atoms with Crippen LogP contribution in [0.3, 0.4) is 0 Å². The molecule has 2 atom stereocenters. The van der Waals surface area contributed by atoms with Gasteiger partial charge in [0.05, 0.1) is 12.6 Å². The molecule has 0 aliphatic heterocycles. The normalized spacial score (nSPS) is 19.8.